The van der Waals surface area contributed by atoms with E-state index < -0.39 is 0 Å². The fourth-order valence-electron chi connectivity index (χ4n) is 1.57. The Morgan fingerprint density at radius 3 is 2.91 bits per heavy atom. The molecule has 0 N–H and O–H groups in total. The summed E-state index contributed by atoms with van der Waals surface area (Å²) < 4.78 is 5.46. The molecule has 0 aromatic heterocycles. The van der Waals surface area contributed by atoms with Gasteiger partial charge in [0.1, 0.15) is 6.10 Å². The largest absolute Gasteiger partial charge is 0.497 e. The monoisotopic (exact) mass is 153 g/mol. The van der Waals surface area contributed by atoms with Gasteiger partial charge < -0.3 is 4.74 Å². The zero-order valence-electron chi connectivity index (χ0n) is 6.83. The summed E-state index contributed by atoms with van der Waals surface area (Å²) in [6.07, 6.45) is 8.20. The molecule has 0 radical (unpaired) electrons. The van der Waals surface area contributed by atoms with Crippen LogP contribution >= 0.6 is 0 Å². The van der Waals surface area contributed by atoms with Gasteiger partial charge in [-0.15, -0.1) is 0 Å². The average Bonchev–Trinajstić information content (AvgIpc) is 1.99. The molecular formula is C9H15NO. The normalized spacial score (nSPS) is 31.1. The molecule has 0 aromatic rings. The minimum Gasteiger partial charge on any atom is -0.497 e. The second-order valence-corrected chi connectivity index (χ2v) is 3.36. The number of hydrogen-bond donors (Lipinski definition) is 0. The summed E-state index contributed by atoms with van der Waals surface area (Å²) in [5.41, 5.74) is 0. The second kappa shape index (κ2) is 3.26. The Bertz CT molecular complexity index is 152. The fraction of sp³-hybridized carbons (Fsp3) is 0.778. The SMILES string of the molecule is C1=COC(CN2CCC2)CC1. The van der Waals surface area contributed by atoms with E-state index >= 15 is 0 Å². The topological polar surface area (TPSA) is 12.5 Å². The summed E-state index contributed by atoms with van der Waals surface area (Å²) >= 11 is 0. The summed E-state index contributed by atoms with van der Waals surface area (Å²) in [4.78, 5) is 2.46. The molecule has 11 heavy (non-hydrogen) atoms. The minimum absolute atomic E-state index is 0.472. The summed E-state index contributed by atoms with van der Waals surface area (Å²) in [6.45, 7) is 3.71. The van der Waals surface area contributed by atoms with Crippen molar-refractivity contribution in [2.24, 2.45) is 0 Å². The molecule has 0 aliphatic carbocycles. The number of hydrogen-bond acceptors (Lipinski definition) is 2. The van der Waals surface area contributed by atoms with Gasteiger partial charge in [-0.05, 0) is 38.4 Å². The molecule has 0 aromatic carbocycles. The molecule has 1 atom stereocenters. The Morgan fingerprint density at radius 2 is 2.36 bits per heavy atom. The third kappa shape index (κ3) is 1.74. The van der Waals surface area contributed by atoms with Gasteiger partial charge in [0.05, 0.1) is 6.26 Å². The van der Waals surface area contributed by atoms with Crippen LogP contribution in [0.2, 0.25) is 0 Å². The van der Waals surface area contributed by atoms with Crippen molar-refractivity contribution in [2.45, 2.75) is 25.4 Å². The summed E-state index contributed by atoms with van der Waals surface area (Å²) in [5.74, 6) is 0. The predicted octanol–water partition coefficient (Wildman–Crippen LogP) is 1.38. The van der Waals surface area contributed by atoms with Crippen LogP contribution in [0, 0.1) is 0 Å². The summed E-state index contributed by atoms with van der Waals surface area (Å²) in [6, 6.07) is 0. The van der Waals surface area contributed by atoms with Crippen molar-refractivity contribution in [3.8, 4) is 0 Å². The van der Waals surface area contributed by atoms with Crippen LogP contribution in [0.3, 0.4) is 0 Å². The van der Waals surface area contributed by atoms with Crippen LogP contribution in [0.5, 0.6) is 0 Å². The van der Waals surface area contributed by atoms with E-state index in [1.807, 2.05) is 6.26 Å². The van der Waals surface area contributed by atoms with Crippen LogP contribution < -0.4 is 0 Å². The van der Waals surface area contributed by atoms with Gasteiger partial charge in [-0.25, -0.2) is 0 Å². The predicted molar refractivity (Wildman–Crippen MR) is 44.3 cm³/mol. The molecule has 2 aliphatic heterocycles. The molecule has 2 nitrogen and oxygen atoms in total. The smallest absolute Gasteiger partial charge is 0.111 e. The molecule has 1 saturated heterocycles. The van der Waals surface area contributed by atoms with E-state index in [1.54, 1.807) is 0 Å². The summed E-state index contributed by atoms with van der Waals surface area (Å²) in [7, 11) is 0. The van der Waals surface area contributed by atoms with Gasteiger partial charge in [-0.3, -0.25) is 4.90 Å². The number of allylic oxidation sites excluding steroid dienone is 1. The first-order valence-electron chi connectivity index (χ1n) is 4.48. The first kappa shape index (κ1) is 7.17. The van der Waals surface area contributed by atoms with Crippen LogP contribution in [0.15, 0.2) is 12.3 Å². The molecule has 2 heteroatoms. The van der Waals surface area contributed by atoms with E-state index in [9.17, 15) is 0 Å². The van der Waals surface area contributed by atoms with E-state index in [1.165, 1.54) is 32.4 Å². The van der Waals surface area contributed by atoms with E-state index in [2.05, 4.69) is 11.0 Å². The number of rotatable bonds is 2. The lowest BCUT2D eigenvalue weighted by molar-refractivity contribution is 0.0546. The van der Waals surface area contributed by atoms with Crippen LogP contribution in [-0.2, 0) is 4.74 Å². The standard InChI is InChI=1S/C9H15NO/c1-2-7-11-9(4-1)8-10-5-3-6-10/h2,7,9H,1,3-6,8H2. The highest BCUT2D eigenvalue weighted by molar-refractivity contribution is 4.84. The van der Waals surface area contributed by atoms with E-state index in [-0.39, 0.29) is 0 Å². The van der Waals surface area contributed by atoms with Gasteiger partial charge in [0.2, 0.25) is 0 Å². The van der Waals surface area contributed by atoms with Gasteiger partial charge in [0.15, 0.2) is 0 Å². The molecule has 1 unspecified atom stereocenters. The first-order valence-corrected chi connectivity index (χ1v) is 4.48. The lowest BCUT2D eigenvalue weighted by Crippen LogP contribution is -2.42. The third-order valence-corrected chi connectivity index (χ3v) is 2.43. The highest BCUT2D eigenvalue weighted by Gasteiger charge is 2.19. The Balaban J connectivity index is 1.72. The van der Waals surface area contributed by atoms with E-state index in [0.717, 1.165) is 6.54 Å². The third-order valence-electron chi connectivity index (χ3n) is 2.43. The lowest BCUT2D eigenvalue weighted by atomic mass is 10.1. The number of likely N-dealkylation sites (tertiary alicyclic amines) is 1. The van der Waals surface area contributed by atoms with Gasteiger partial charge in [-0.2, -0.15) is 0 Å². The maximum Gasteiger partial charge on any atom is 0.111 e. The van der Waals surface area contributed by atoms with Crippen molar-refractivity contribution in [1.29, 1.82) is 0 Å². The molecule has 0 spiro atoms. The molecular weight excluding hydrogens is 138 g/mol. The summed E-state index contributed by atoms with van der Waals surface area (Å²) in [5, 5.41) is 0. The minimum atomic E-state index is 0.472. The second-order valence-electron chi connectivity index (χ2n) is 3.36. The van der Waals surface area contributed by atoms with E-state index in [0.29, 0.717) is 6.10 Å². The lowest BCUT2D eigenvalue weighted by Gasteiger charge is -2.34. The highest BCUT2D eigenvalue weighted by atomic mass is 16.5. The van der Waals surface area contributed by atoms with Crippen LogP contribution in [0.1, 0.15) is 19.3 Å². The zero-order valence-corrected chi connectivity index (χ0v) is 6.83. The highest BCUT2D eigenvalue weighted by Crippen LogP contribution is 2.14. The van der Waals surface area contributed by atoms with Crippen molar-refractivity contribution in [1.82, 2.24) is 4.90 Å². The molecule has 2 heterocycles. The van der Waals surface area contributed by atoms with Crippen molar-refractivity contribution in [2.75, 3.05) is 19.6 Å². The Kier molecular flexibility index (Phi) is 2.13. The van der Waals surface area contributed by atoms with Crippen LogP contribution in [0.25, 0.3) is 0 Å². The average molecular weight is 153 g/mol. The van der Waals surface area contributed by atoms with Gasteiger partial charge in [0.25, 0.3) is 0 Å². The zero-order chi connectivity index (χ0) is 7.52. The molecule has 1 fully saturated rings. The molecule has 62 valence electrons. The van der Waals surface area contributed by atoms with E-state index in [4.69, 9.17) is 4.74 Å². The van der Waals surface area contributed by atoms with Crippen LogP contribution in [-0.4, -0.2) is 30.6 Å². The molecule has 2 rings (SSSR count). The van der Waals surface area contributed by atoms with Gasteiger partial charge in [-0.1, -0.05) is 0 Å². The van der Waals surface area contributed by atoms with Crippen LogP contribution in [0.4, 0.5) is 0 Å². The Morgan fingerprint density at radius 1 is 1.45 bits per heavy atom. The van der Waals surface area contributed by atoms with Crippen molar-refractivity contribution in [3.05, 3.63) is 12.3 Å². The van der Waals surface area contributed by atoms with Gasteiger partial charge in [0, 0.05) is 6.54 Å². The quantitative estimate of drug-likeness (QED) is 0.594. The molecule has 0 amide bonds. The first-order chi connectivity index (χ1) is 5.45. The maximum absolute atomic E-state index is 5.46. The molecule has 0 bridgehead atoms. The molecule has 0 saturated carbocycles. The number of ether oxygens (including phenoxy) is 1. The number of nitrogens with zero attached hydrogens (tertiary/aromatic N) is 1. The fourth-order valence-corrected chi connectivity index (χ4v) is 1.57. The van der Waals surface area contributed by atoms with Crippen molar-refractivity contribution in [3.63, 3.8) is 0 Å². The van der Waals surface area contributed by atoms with Crippen molar-refractivity contribution >= 4 is 0 Å². The van der Waals surface area contributed by atoms with Crippen molar-refractivity contribution < 1.29 is 4.74 Å². The van der Waals surface area contributed by atoms with Gasteiger partial charge >= 0.3 is 0 Å². The molecule has 2 aliphatic rings. The maximum atomic E-state index is 5.46. The Labute approximate surface area is 67.8 Å². The Hall–Kier alpha value is -0.500.